The molecule has 0 heterocycles. The van der Waals surface area contributed by atoms with Gasteiger partial charge in [0.05, 0.1) is 6.61 Å². The maximum atomic E-state index is 12.8. The van der Waals surface area contributed by atoms with Crippen molar-refractivity contribution < 1.29 is 28.2 Å². The van der Waals surface area contributed by atoms with Crippen molar-refractivity contribution in [3.63, 3.8) is 0 Å². The van der Waals surface area contributed by atoms with Crippen LogP contribution in [0.1, 0.15) is 19.4 Å². The van der Waals surface area contributed by atoms with Gasteiger partial charge in [-0.05, 0) is 38.0 Å². The van der Waals surface area contributed by atoms with E-state index in [1.807, 2.05) is 0 Å². The summed E-state index contributed by atoms with van der Waals surface area (Å²) in [6.07, 6.45) is 1.36. The zero-order chi connectivity index (χ0) is 17.9. The minimum atomic E-state index is -1.00. The fourth-order valence-corrected chi connectivity index (χ4v) is 1.72. The molecule has 1 N–H and O–H groups in total. The Hall–Kier alpha value is -2.70. The molecule has 0 aromatic heterocycles. The molecule has 1 atom stereocenters. The Bertz CT molecular complexity index is 598. The number of carbonyl (C=O) groups is 3. The molecule has 1 rings (SSSR count). The summed E-state index contributed by atoms with van der Waals surface area (Å²) in [6, 6.07) is 5.95. The Morgan fingerprint density at radius 3 is 2.42 bits per heavy atom. The molecule has 1 aromatic rings. The Morgan fingerprint density at radius 1 is 1.17 bits per heavy atom. The Kier molecular flexibility index (Phi) is 8.18. The van der Waals surface area contributed by atoms with Gasteiger partial charge >= 0.3 is 11.9 Å². The lowest BCUT2D eigenvalue weighted by Gasteiger charge is -2.12. The molecule has 0 saturated heterocycles. The van der Waals surface area contributed by atoms with Gasteiger partial charge in [-0.25, -0.2) is 14.0 Å². The van der Waals surface area contributed by atoms with Crippen molar-refractivity contribution in [2.75, 3.05) is 13.2 Å². The van der Waals surface area contributed by atoms with Crippen molar-refractivity contribution in [2.24, 2.45) is 0 Å². The van der Waals surface area contributed by atoms with E-state index < -0.39 is 23.9 Å². The molecule has 0 aliphatic rings. The molecule has 6 nitrogen and oxygen atoms in total. The highest BCUT2D eigenvalue weighted by Gasteiger charge is 2.16. The van der Waals surface area contributed by atoms with Crippen LogP contribution < -0.4 is 5.32 Å². The molecule has 24 heavy (non-hydrogen) atoms. The first kappa shape index (κ1) is 19.3. The van der Waals surface area contributed by atoms with Crippen molar-refractivity contribution in [1.29, 1.82) is 0 Å². The number of ether oxygens (including phenoxy) is 2. The molecule has 0 bridgehead atoms. The summed E-state index contributed by atoms with van der Waals surface area (Å²) in [7, 11) is 0. The summed E-state index contributed by atoms with van der Waals surface area (Å²) in [5.41, 5.74) is 0.874. The van der Waals surface area contributed by atoms with Gasteiger partial charge < -0.3 is 14.8 Å². The van der Waals surface area contributed by atoms with Crippen LogP contribution >= 0.6 is 0 Å². The van der Waals surface area contributed by atoms with E-state index >= 15 is 0 Å². The third-order valence-corrected chi connectivity index (χ3v) is 2.93. The molecule has 0 spiro atoms. The van der Waals surface area contributed by atoms with Gasteiger partial charge in [-0.1, -0.05) is 12.1 Å². The van der Waals surface area contributed by atoms with Gasteiger partial charge in [0.1, 0.15) is 5.82 Å². The molecule has 7 heteroatoms. The maximum Gasteiger partial charge on any atom is 0.331 e. The van der Waals surface area contributed by atoms with Gasteiger partial charge in [0.25, 0.3) is 5.91 Å². The van der Waals surface area contributed by atoms with Gasteiger partial charge in [-0.3, -0.25) is 4.79 Å². The highest BCUT2D eigenvalue weighted by molar-refractivity contribution is 5.93. The molecular weight excluding hydrogens is 317 g/mol. The quantitative estimate of drug-likeness (QED) is 0.575. The van der Waals surface area contributed by atoms with E-state index in [1.54, 1.807) is 19.1 Å². The number of nitrogens with one attached hydrogen (secondary N) is 1. The topological polar surface area (TPSA) is 81.7 Å². The van der Waals surface area contributed by atoms with Crippen LogP contribution in [0.15, 0.2) is 36.4 Å². The predicted octanol–water partition coefficient (Wildman–Crippen LogP) is 1.54. The predicted molar refractivity (Wildman–Crippen MR) is 84.4 cm³/mol. The number of halogens is 1. The molecule has 1 aromatic carbocycles. The zero-order valence-corrected chi connectivity index (χ0v) is 13.6. The first-order valence-corrected chi connectivity index (χ1v) is 7.50. The number of hydrogen-bond acceptors (Lipinski definition) is 5. The van der Waals surface area contributed by atoms with E-state index in [2.05, 4.69) is 10.1 Å². The average molecular weight is 337 g/mol. The Labute approximate surface area is 139 Å². The number of rotatable bonds is 8. The fraction of sp³-hybridized carbons (Fsp3) is 0.353. The highest BCUT2D eigenvalue weighted by atomic mass is 19.1. The lowest BCUT2D eigenvalue weighted by molar-refractivity contribution is -0.150. The standard InChI is InChI=1S/C17H20FNO5/c1-3-23-15(20)8-9-16(21)24-12(2)17(22)19-11-10-13-4-6-14(18)7-5-13/h4-9,12H,3,10-11H2,1-2H3,(H,19,22)/b9-8+/t12-/m0/s1. The molecule has 0 saturated carbocycles. The van der Waals surface area contributed by atoms with E-state index in [1.165, 1.54) is 19.1 Å². The van der Waals surface area contributed by atoms with Gasteiger partial charge in [0.2, 0.25) is 0 Å². The number of hydrogen-bond donors (Lipinski definition) is 1. The minimum absolute atomic E-state index is 0.199. The van der Waals surface area contributed by atoms with Crippen LogP contribution in [-0.4, -0.2) is 37.1 Å². The summed E-state index contributed by atoms with van der Waals surface area (Å²) >= 11 is 0. The third kappa shape index (κ3) is 7.53. The van der Waals surface area contributed by atoms with E-state index in [4.69, 9.17) is 4.74 Å². The molecule has 0 unspecified atom stereocenters. The highest BCUT2D eigenvalue weighted by Crippen LogP contribution is 2.03. The second kappa shape index (κ2) is 10.1. The fourth-order valence-electron chi connectivity index (χ4n) is 1.72. The average Bonchev–Trinajstić information content (AvgIpc) is 2.55. The number of esters is 2. The number of benzene rings is 1. The molecule has 130 valence electrons. The summed E-state index contributed by atoms with van der Waals surface area (Å²) in [4.78, 5) is 34.3. The number of carbonyl (C=O) groups excluding carboxylic acids is 3. The lowest BCUT2D eigenvalue weighted by atomic mass is 10.1. The van der Waals surface area contributed by atoms with Crippen molar-refractivity contribution in [3.05, 3.63) is 47.8 Å². The van der Waals surface area contributed by atoms with Gasteiger partial charge in [-0.2, -0.15) is 0 Å². The normalized spacial score (nSPS) is 11.8. The molecule has 0 aliphatic carbocycles. The molecular formula is C17H20FNO5. The molecule has 1 amide bonds. The van der Waals surface area contributed by atoms with Crippen molar-refractivity contribution in [1.82, 2.24) is 5.32 Å². The van der Waals surface area contributed by atoms with Gasteiger partial charge in [-0.15, -0.1) is 0 Å². The molecule has 0 aliphatic heterocycles. The summed E-state index contributed by atoms with van der Waals surface area (Å²) < 4.78 is 22.2. The van der Waals surface area contributed by atoms with E-state index in [-0.39, 0.29) is 12.4 Å². The number of amides is 1. The summed E-state index contributed by atoms with van der Waals surface area (Å²) in [6.45, 7) is 3.59. The minimum Gasteiger partial charge on any atom is -0.463 e. The summed E-state index contributed by atoms with van der Waals surface area (Å²) in [5.74, 6) is -2.26. The molecule has 0 fully saturated rings. The second-order valence-electron chi connectivity index (χ2n) is 4.83. The van der Waals surface area contributed by atoms with Crippen LogP contribution in [0, 0.1) is 5.82 Å². The third-order valence-electron chi connectivity index (χ3n) is 2.93. The zero-order valence-electron chi connectivity index (χ0n) is 13.6. The SMILES string of the molecule is CCOC(=O)/C=C/C(=O)O[C@@H](C)C(=O)NCCc1ccc(F)cc1. The van der Waals surface area contributed by atoms with Crippen LogP contribution in [0.2, 0.25) is 0 Å². The maximum absolute atomic E-state index is 12.8. The van der Waals surface area contributed by atoms with Crippen LogP contribution in [-0.2, 0) is 30.3 Å². The Balaban J connectivity index is 2.32. The second-order valence-corrected chi connectivity index (χ2v) is 4.83. The monoisotopic (exact) mass is 337 g/mol. The van der Waals surface area contributed by atoms with Gasteiger partial charge in [0, 0.05) is 18.7 Å². The van der Waals surface area contributed by atoms with Crippen LogP contribution in [0.25, 0.3) is 0 Å². The van der Waals surface area contributed by atoms with Crippen LogP contribution in [0.5, 0.6) is 0 Å². The smallest absolute Gasteiger partial charge is 0.331 e. The van der Waals surface area contributed by atoms with Crippen molar-refractivity contribution >= 4 is 17.8 Å². The van der Waals surface area contributed by atoms with Crippen molar-refractivity contribution in [2.45, 2.75) is 26.4 Å². The summed E-state index contributed by atoms with van der Waals surface area (Å²) in [5, 5.41) is 2.61. The van der Waals surface area contributed by atoms with E-state index in [9.17, 15) is 18.8 Å². The first-order chi connectivity index (χ1) is 11.4. The molecule has 0 radical (unpaired) electrons. The van der Waals surface area contributed by atoms with Gasteiger partial charge in [0.15, 0.2) is 6.10 Å². The van der Waals surface area contributed by atoms with Crippen molar-refractivity contribution in [3.8, 4) is 0 Å². The lowest BCUT2D eigenvalue weighted by Crippen LogP contribution is -2.36. The van der Waals surface area contributed by atoms with Crippen LogP contribution in [0.4, 0.5) is 4.39 Å². The Morgan fingerprint density at radius 2 is 1.79 bits per heavy atom. The largest absolute Gasteiger partial charge is 0.463 e. The first-order valence-electron chi connectivity index (χ1n) is 7.50. The van der Waals surface area contributed by atoms with Crippen LogP contribution in [0.3, 0.4) is 0 Å². The van der Waals surface area contributed by atoms with E-state index in [0.717, 1.165) is 17.7 Å². The van der Waals surface area contributed by atoms with E-state index in [0.29, 0.717) is 13.0 Å².